The lowest BCUT2D eigenvalue weighted by Gasteiger charge is -2.32. The van der Waals surface area contributed by atoms with Gasteiger partial charge in [-0.25, -0.2) is 13.8 Å². The van der Waals surface area contributed by atoms with Gasteiger partial charge in [-0.15, -0.1) is 0 Å². The zero-order valence-corrected chi connectivity index (χ0v) is 15.3. The van der Waals surface area contributed by atoms with Crippen molar-refractivity contribution >= 4 is 5.96 Å². The van der Waals surface area contributed by atoms with Crippen molar-refractivity contribution in [2.24, 2.45) is 4.99 Å². The third-order valence-electron chi connectivity index (χ3n) is 4.36. The highest BCUT2D eigenvalue weighted by atomic mass is 19.3. The first-order valence-electron chi connectivity index (χ1n) is 8.93. The van der Waals surface area contributed by atoms with Gasteiger partial charge in [0.15, 0.2) is 5.96 Å². The minimum absolute atomic E-state index is 0.157. The maximum atomic E-state index is 12.5. The molecule has 0 aliphatic carbocycles. The van der Waals surface area contributed by atoms with Gasteiger partial charge < -0.3 is 20.5 Å². The van der Waals surface area contributed by atoms with Crippen molar-refractivity contribution in [1.29, 1.82) is 0 Å². The van der Waals surface area contributed by atoms with E-state index in [0.717, 1.165) is 12.8 Å². The van der Waals surface area contributed by atoms with Crippen molar-refractivity contribution in [2.45, 2.75) is 38.8 Å². The summed E-state index contributed by atoms with van der Waals surface area (Å²) in [6.45, 7) is 4.14. The Bertz CT molecular complexity index is 591. The number of hydrogen-bond acceptors (Lipinski definition) is 4. The molecular formula is C18H28F2N4O2. The summed E-state index contributed by atoms with van der Waals surface area (Å²) >= 11 is 0. The minimum atomic E-state index is -2.28. The second-order valence-electron chi connectivity index (χ2n) is 6.30. The molecule has 1 aromatic carbocycles. The fourth-order valence-electron chi connectivity index (χ4n) is 2.95. The lowest BCUT2D eigenvalue weighted by atomic mass is 10.1. The lowest BCUT2D eigenvalue weighted by Crippen LogP contribution is -2.49. The number of halogens is 2. The highest BCUT2D eigenvalue weighted by Crippen LogP contribution is 2.23. The average molecular weight is 370 g/mol. The number of methoxy groups -OCH3 is 1. The summed E-state index contributed by atoms with van der Waals surface area (Å²) in [5.41, 5.74) is 0.674. The van der Waals surface area contributed by atoms with Gasteiger partial charge in [-0.3, -0.25) is 4.90 Å². The van der Waals surface area contributed by atoms with Gasteiger partial charge in [0.05, 0.1) is 20.2 Å². The van der Waals surface area contributed by atoms with Crippen molar-refractivity contribution in [1.82, 2.24) is 15.5 Å². The molecule has 1 fully saturated rings. The molecule has 0 saturated carbocycles. The van der Waals surface area contributed by atoms with Gasteiger partial charge in [0.25, 0.3) is 6.43 Å². The van der Waals surface area contributed by atoms with Crippen molar-refractivity contribution in [3.8, 4) is 11.5 Å². The third-order valence-corrected chi connectivity index (χ3v) is 4.36. The molecule has 1 aromatic rings. The molecule has 146 valence electrons. The van der Waals surface area contributed by atoms with E-state index in [9.17, 15) is 13.9 Å². The van der Waals surface area contributed by atoms with Gasteiger partial charge in [-0.05, 0) is 38.0 Å². The van der Waals surface area contributed by atoms with Crippen molar-refractivity contribution in [3.63, 3.8) is 0 Å². The van der Waals surface area contributed by atoms with E-state index in [2.05, 4.69) is 15.6 Å². The van der Waals surface area contributed by atoms with Crippen LogP contribution in [0.1, 0.15) is 25.3 Å². The monoisotopic (exact) mass is 370 g/mol. The van der Waals surface area contributed by atoms with E-state index >= 15 is 0 Å². The Morgan fingerprint density at radius 1 is 1.38 bits per heavy atom. The van der Waals surface area contributed by atoms with Crippen LogP contribution in [-0.2, 0) is 6.54 Å². The predicted molar refractivity (Wildman–Crippen MR) is 98.1 cm³/mol. The summed E-state index contributed by atoms with van der Waals surface area (Å²) in [5.74, 6) is 1.49. The highest BCUT2D eigenvalue weighted by Gasteiger charge is 2.22. The van der Waals surface area contributed by atoms with Crippen LogP contribution in [0.2, 0.25) is 0 Å². The summed E-state index contributed by atoms with van der Waals surface area (Å²) in [7, 11) is 1.57. The van der Waals surface area contributed by atoms with Crippen LogP contribution in [-0.4, -0.2) is 61.7 Å². The zero-order chi connectivity index (χ0) is 18.9. The molecule has 0 amide bonds. The Morgan fingerprint density at radius 2 is 2.12 bits per heavy atom. The summed E-state index contributed by atoms with van der Waals surface area (Å²) in [5, 5.41) is 16.5. The highest BCUT2D eigenvalue weighted by molar-refractivity contribution is 5.80. The number of aliphatic imine (C=N–C) groups is 1. The van der Waals surface area contributed by atoms with Crippen LogP contribution in [0, 0.1) is 0 Å². The molecule has 0 aromatic heterocycles. The number of alkyl halides is 2. The molecule has 1 aliphatic heterocycles. The predicted octanol–water partition coefficient (Wildman–Crippen LogP) is 2.19. The Morgan fingerprint density at radius 3 is 2.73 bits per heavy atom. The lowest BCUT2D eigenvalue weighted by molar-refractivity contribution is 0.0744. The molecule has 6 nitrogen and oxygen atoms in total. The van der Waals surface area contributed by atoms with E-state index in [-0.39, 0.29) is 18.3 Å². The normalized spacial score (nSPS) is 16.7. The summed E-state index contributed by atoms with van der Waals surface area (Å²) in [4.78, 5) is 6.32. The largest absolute Gasteiger partial charge is 0.508 e. The van der Waals surface area contributed by atoms with Crippen LogP contribution in [0.3, 0.4) is 0 Å². The van der Waals surface area contributed by atoms with Gasteiger partial charge in [0.2, 0.25) is 0 Å². The fourth-order valence-corrected chi connectivity index (χ4v) is 2.95. The van der Waals surface area contributed by atoms with Gasteiger partial charge in [0, 0.05) is 31.2 Å². The van der Waals surface area contributed by atoms with E-state index in [0.29, 0.717) is 43.5 Å². The number of phenols is 1. The second kappa shape index (κ2) is 10.2. The number of rotatable bonds is 7. The first-order valence-corrected chi connectivity index (χ1v) is 8.93. The first kappa shape index (κ1) is 20.2. The smallest absolute Gasteiger partial charge is 0.251 e. The van der Waals surface area contributed by atoms with Crippen molar-refractivity contribution in [3.05, 3.63) is 23.8 Å². The van der Waals surface area contributed by atoms with E-state index in [1.807, 2.05) is 6.92 Å². The number of hydrogen-bond donors (Lipinski definition) is 3. The number of piperidine rings is 1. The van der Waals surface area contributed by atoms with Crippen LogP contribution in [0.15, 0.2) is 23.2 Å². The average Bonchev–Trinajstić information content (AvgIpc) is 2.62. The zero-order valence-electron chi connectivity index (χ0n) is 15.3. The number of benzene rings is 1. The Balaban J connectivity index is 1.93. The Kier molecular flexibility index (Phi) is 7.90. The molecule has 0 radical (unpaired) electrons. The SMILES string of the molecule is CCNC(=NCc1cc(OC)ccc1O)NC1CCN(CC(F)F)CC1. The van der Waals surface area contributed by atoms with Crippen molar-refractivity contribution < 1.29 is 18.6 Å². The van der Waals surface area contributed by atoms with Gasteiger partial charge >= 0.3 is 0 Å². The molecular weight excluding hydrogens is 342 g/mol. The molecule has 0 spiro atoms. The van der Waals surface area contributed by atoms with E-state index in [1.165, 1.54) is 0 Å². The summed E-state index contributed by atoms with van der Waals surface area (Å²) < 4.78 is 30.1. The maximum Gasteiger partial charge on any atom is 0.251 e. The summed E-state index contributed by atoms with van der Waals surface area (Å²) in [6, 6.07) is 5.23. The molecule has 1 heterocycles. The number of likely N-dealkylation sites (tertiary alicyclic amines) is 1. The summed E-state index contributed by atoms with van der Waals surface area (Å²) in [6.07, 6.45) is -0.697. The van der Waals surface area contributed by atoms with Crippen molar-refractivity contribution in [2.75, 3.05) is 33.3 Å². The van der Waals surface area contributed by atoms with E-state index in [1.54, 1.807) is 30.2 Å². The molecule has 1 saturated heterocycles. The quantitative estimate of drug-likeness (QED) is 0.507. The van der Waals surface area contributed by atoms with Crippen LogP contribution >= 0.6 is 0 Å². The van der Waals surface area contributed by atoms with E-state index < -0.39 is 6.43 Å². The number of ether oxygens (including phenoxy) is 1. The fraction of sp³-hybridized carbons (Fsp3) is 0.611. The molecule has 0 unspecified atom stereocenters. The number of phenolic OH excluding ortho intramolecular Hbond substituents is 1. The maximum absolute atomic E-state index is 12.5. The third kappa shape index (κ3) is 6.33. The van der Waals surface area contributed by atoms with Gasteiger partial charge in [-0.2, -0.15) is 0 Å². The first-order chi connectivity index (χ1) is 12.5. The van der Waals surface area contributed by atoms with Gasteiger partial charge in [-0.1, -0.05) is 0 Å². The van der Waals surface area contributed by atoms with Crippen LogP contribution in [0.5, 0.6) is 11.5 Å². The molecule has 0 bridgehead atoms. The van der Waals surface area contributed by atoms with Crippen LogP contribution in [0.25, 0.3) is 0 Å². The number of nitrogens with one attached hydrogen (secondary N) is 2. The number of aromatic hydroxyl groups is 1. The van der Waals surface area contributed by atoms with Gasteiger partial charge in [0.1, 0.15) is 11.5 Å². The molecule has 1 aliphatic rings. The molecule has 26 heavy (non-hydrogen) atoms. The second-order valence-corrected chi connectivity index (χ2v) is 6.30. The Hall–Kier alpha value is -2.09. The molecule has 8 heteroatoms. The Labute approximate surface area is 153 Å². The topological polar surface area (TPSA) is 69.1 Å². The number of guanidine groups is 1. The molecule has 3 N–H and O–H groups in total. The van der Waals surface area contributed by atoms with Crippen LogP contribution in [0.4, 0.5) is 8.78 Å². The number of nitrogens with zero attached hydrogens (tertiary/aromatic N) is 2. The van der Waals surface area contributed by atoms with E-state index in [4.69, 9.17) is 4.74 Å². The molecule has 2 rings (SSSR count). The van der Waals surface area contributed by atoms with Crippen LogP contribution < -0.4 is 15.4 Å². The minimum Gasteiger partial charge on any atom is -0.508 e. The standard InChI is InChI=1S/C18H28F2N4O2/c1-3-21-18(22-11-13-10-15(26-2)4-5-16(13)25)23-14-6-8-24(9-7-14)12-17(19)20/h4-5,10,14,17,25H,3,6-9,11-12H2,1-2H3,(H2,21,22,23). The molecule has 0 atom stereocenters.